The van der Waals surface area contributed by atoms with Gasteiger partial charge in [0, 0.05) is 0 Å². The molecule has 2 heteroatoms. The Balaban J connectivity index is 0. The molecule has 0 unspecified atom stereocenters. The Bertz CT molecular complexity index is 142. The molecule has 0 nitrogen and oxygen atoms in total. The van der Waals surface area contributed by atoms with Gasteiger partial charge in [0.05, 0.1) is 0 Å². The van der Waals surface area contributed by atoms with Crippen molar-refractivity contribution in [2.75, 3.05) is 0 Å². The van der Waals surface area contributed by atoms with Crippen LogP contribution in [0.2, 0.25) is 0 Å². The van der Waals surface area contributed by atoms with E-state index in [0.717, 1.165) is 19.3 Å². The zero-order valence-electron chi connectivity index (χ0n) is 8.69. The molecule has 0 aliphatic carbocycles. The number of halogens is 1. The van der Waals surface area contributed by atoms with Gasteiger partial charge in [-0.05, 0) is 26.2 Å². The maximum atomic E-state index is 9.12. The van der Waals surface area contributed by atoms with Gasteiger partial charge in [-0.3, -0.25) is 0 Å². The first-order valence-corrected chi connectivity index (χ1v) is 5.11. The molecular formula is C12H19FNi-. The molecule has 0 saturated carbocycles. The van der Waals surface area contributed by atoms with E-state index in [0.29, 0.717) is 0 Å². The predicted octanol–water partition coefficient (Wildman–Crippen LogP) is 4.49. The number of hydrogen-bond donors (Lipinski definition) is 0. The Morgan fingerprint density at radius 2 is 1.36 bits per heavy atom. The van der Waals surface area contributed by atoms with E-state index in [1.54, 1.807) is 0 Å². The van der Waals surface area contributed by atoms with Crippen molar-refractivity contribution < 1.29 is 19.5 Å². The van der Waals surface area contributed by atoms with Gasteiger partial charge in [-0.1, -0.05) is 30.7 Å². The van der Waals surface area contributed by atoms with Gasteiger partial charge < -0.3 is 0 Å². The van der Waals surface area contributed by atoms with Crippen LogP contribution in [0.1, 0.15) is 32.6 Å². The van der Waals surface area contributed by atoms with E-state index in [2.05, 4.69) is 60.1 Å². The molecule has 0 N–H and O–H groups in total. The van der Waals surface area contributed by atoms with E-state index in [-0.39, 0.29) is 0 Å². The first kappa shape index (κ1) is 16.0. The Hall–Kier alpha value is -0.486. The molecule has 0 amide bonds. The van der Waals surface area contributed by atoms with Gasteiger partial charge in [0.15, 0.2) is 0 Å². The van der Waals surface area contributed by atoms with E-state index in [1.165, 1.54) is 6.42 Å². The summed E-state index contributed by atoms with van der Waals surface area (Å²) in [4.78, 5) is 0. The normalized spacial score (nSPS) is 11.1. The summed E-state index contributed by atoms with van der Waals surface area (Å²) in [7, 11) is 0. The Kier molecular flexibility index (Phi) is 20.9. The van der Waals surface area contributed by atoms with Crippen molar-refractivity contribution in [3.05, 3.63) is 43.4 Å². The van der Waals surface area contributed by atoms with Gasteiger partial charge in [-0.25, -0.2) is 19.1 Å². The average Bonchev–Trinajstić information content (AvgIpc) is 2.25. The molecule has 14 heavy (non-hydrogen) atoms. The molecule has 85 valence electrons. The number of allylic oxidation sites excluding steroid dienone is 6. The van der Waals surface area contributed by atoms with E-state index in [9.17, 15) is 0 Å². The SMILES string of the molecule is [CH2-]/C=C/CC/C=C/CC/C=C\C.[F][Ni]. The summed E-state index contributed by atoms with van der Waals surface area (Å²) < 4.78 is 9.12. The topological polar surface area (TPSA) is 0 Å². The fraction of sp³-hybridized carbons (Fsp3) is 0.417. The van der Waals surface area contributed by atoms with Crippen molar-refractivity contribution in [3.8, 4) is 0 Å². The van der Waals surface area contributed by atoms with Gasteiger partial charge >= 0.3 is 19.5 Å². The van der Waals surface area contributed by atoms with Crippen molar-refractivity contribution in [2.24, 2.45) is 0 Å². The van der Waals surface area contributed by atoms with Crippen LogP contribution < -0.4 is 0 Å². The first-order valence-electron chi connectivity index (χ1n) is 4.74. The molecule has 0 aromatic carbocycles. The van der Waals surface area contributed by atoms with Crippen LogP contribution in [0.4, 0.5) is 3.61 Å². The minimum atomic E-state index is 1.11. The van der Waals surface area contributed by atoms with Gasteiger partial charge in [-0.2, -0.15) is 0 Å². The molecule has 0 bridgehead atoms. The Morgan fingerprint density at radius 1 is 0.929 bits per heavy atom. The quantitative estimate of drug-likeness (QED) is 0.278. The number of hydrogen-bond acceptors (Lipinski definition) is 0. The van der Waals surface area contributed by atoms with Crippen LogP contribution in [-0.4, -0.2) is 0 Å². The monoisotopic (exact) mass is 240 g/mol. The Labute approximate surface area is 95.8 Å². The number of unbranched alkanes of at least 4 members (excludes halogenated alkanes) is 2. The second-order valence-corrected chi connectivity index (χ2v) is 2.67. The van der Waals surface area contributed by atoms with E-state index < -0.39 is 0 Å². The zero-order valence-corrected chi connectivity index (χ0v) is 9.68. The van der Waals surface area contributed by atoms with Crippen molar-refractivity contribution in [1.82, 2.24) is 0 Å². The van der Waals surface area contributed by atoms with Crippen molar-refractivity contribution in [2.45, 2.75) is 32.6 Å². The van der Waals surface area contributed by atoms with E-state index in [4.69, 9.17) is 3.61 Å². The average molecular weight is 241 g/mol. The molecule has 0 atom stereocenters. The van der Waals surface area contributed by atoms with Crippen LogP contribution >= 0.6 is 0 Å². The van der Waals surface area contributed by atoms with E-state index in [1.807, 2.05) is 6.08 Å². The molecule has 0 aromatic heterocycles. The van der Waals surface area contributed by atoms with Gasteiger partial charge in [0.25, 0.3) is 0 Å². The second kappa shape index (κ2) is 18.3. The summed E-state index contributed by atoms with van der Waals surface area (Å²) in [5, 5.41) is 0. The molecule has 0 aliphatic heterocycles. The standard InChI is InChI=1S/C12H19.FH.Ni/c1-3-5-7-9-11-12-10-8-6-4-2;;/h3-6,11-12H,1,7-10H2,2H3;1H;/q-1;;+1/p-1/b5-3+,6-4-,12-11+;;. The molecule has 0 spiro atoms. The molecule has 0 saturated heterocycles. The third kappa shape index (κ3) is 17.6. The predicted molar refractivity (Wildman–Crippen MR) is 58.0 cm³/mol. The minimum absolute atomic E-state index is 1.11. The van der Waals surface area contributed by atoms with Crippen LogP contribution in [0.5, 0.6) is 0 Å². The van der Waals surface area contributed by atoms with Gasteiger partial charge in [0.2, 0.25) is 0 Å². The van der Waals surface area contributed by atoms with Crippen LogP contribution in [0, 0.1) is 6.92 Å². The fourth-order valence-electron chi connectivity index (χ4n) is 0.905. The third-order valence-electron chi connectivity index (χ3n) is 1.57. The summed E-state index contributed by atoms with van der Waals surface area (Å²) in [6.07, 6.45) is 17.3. The molecule has 0 aromatic rings. The maximum absolute atomic E-state index is 9.12. The summed E-state index contributed by atoms with van der Waals surface area (Å²) in [5.41, 5.74) is 0. The molecule has 0 aliphatic rings. The Morgan fingerprint density at radius 3 is 1.79 bits per heavy atom. The molecule has 0 heterocycles. The third-order valence-corrected chi connectivity index (χ3v) is 1.57. The molecule has 0 rings (SSSR count). The van der Waals surface area contributed by atoms with Crippen molar-refractivity contribution in [1.29, 1.82) is 0 Å². The van der Waals surface area contributed by atoms with Crippen molar-refractivity contribution in [3.63, 3.8) is 0 Å². The summed E-state index contributed by atoms with van der Waals surface area (Å²) in [6, 6.07) is 0. The zero-order chi connectivity index (χ0) is 11.1. The van der Waals surface area contributed by atoms with Crippen LogP contribution in [-0.2, 0) is 15.9 Å². The summed E-state index contributed by atoms with van der Waals surface area (Å²) in [5.74, 6) is 0. The summed E-state index contributed by atoms with van der Waals surface area (Å²) >= 11 is 2.38. The van der Waals surface area contributed by atoms with Crippen LogP contribution in [0.25, 0.3) is 0 Å². The molecular weight excluding hydrogens is 222 g/mol. The van der Waals surface area contributed by atoms with Crippen molar-refractivity contribution >= 4 is 0 Å². The van der Waals surface area contributed by atoms with Gasteiger partial charge in [0.1, 0.15) is 0 Å². The van der Waals surface area contributed by atoms with Crippen LogP contribution in [0.3, 0.4) is 0 Å². The first-order chi connectivity index (χ1) is 6.91. The number of rotatable bonds is 6. The fourth-order valence-corrected chi connectivity index (χ4v) is 0.905. The van der Waals surface area contributed by atoms with Gasteiger partial charge in [-0.15, -0.1) is 0 Å². The summed E-state index contributed by atoms with van der Waals surface area (Å²) in [6.45, 7) is 5.69. The molecule has 0 fully saturated rings. The molecule has 0 radical (unpaired) electrons. The van der Waals surface area contributed by atoms with Crippen LogP contribution in [0.15, 0.2) is 36.5 Å². The second-order valence-electron chi connectivity index (χ2n) is 2.67. The van der Waals surface area contributed by atoms with E-state index >= 15 is 0 Å².